The second-order valence-electron chi connectivity index (χ2n) is 5.47. The van der Waals surface area contributed by atoms with Crippen molar-refractivity contribution in [2.45, 2.75) is 59.4 Å². The Hall–Kier alpha value is -1.09. The first-order valence-electron chi connectivity index (χ1n) is 7.13. The van der Waals surface area contributed by atoms with Crippen molar-refractivity contribution in [2.24, 2.45) is 0 Å². The minimum atomic E-state index is 0.0254. The summed E-state index contributed by atoms with van der Waals surface area (Å²) < 4.78 is 0. The summed E-state index contributed by atoms with van der Waals surface area (Å²) >= 11 is 5.44. The average Bonchev–Trinajstić information content (AvgIpc) is 2.38. The fourth-order valence-corrected chi connectivity index (χ4v) is 2.32. The lowest BCUT2D eigenvalue weighted by Crippen LogP contribution is -2.45. The van der Waals surface area contributed by atoms with E-state index in [1.165, 1.54) is 16.8 Å². The van der Waals surface area contributed by atoms with Crippen LogP contribution in [0.5, 0.6) is 0 Å². The molecule has 0 aromatic heterocycles. The van der Waals surface area contributed by atoms with Crippen molar-refractivity contribution >= 4 is 23.0 Å². The van der Waals surface area contributed by atoms with Gasteiger partial charge in [0.25, 0.3) is 0 Å². The second kappa shape index (κ2) is 6.90. The van der Waals surface area contributed by atoms with Crippen molar-refractivity contribution in [3.63, 3.8) is 0 Å². The summed E-state index contributed by atoms with van der Waals surface area (Å²) in [5.74, 6) is 0. The van der Waals surface area contributed by atoms with Gasteiger partial charge in [0.05, 0.1) is 0 Å². The number of nitrogens with one attached hydrogen (secondary N) is 2. The first-order chi connectivity index (χ1) is 8.93. The summed E-state index contributed by atoms with van der Waals surface area (Å²) in [6.45, 7) is 10.8. The minimum Gasteiger partial charge on any atom is -0.358 e. The summed E-state index contributed by atoms with van der Waals surface area (Å²) in [5.41, 5.74) is 3.84. The van der Waals surface area contributed by atoms with Gasteiger partial charge < -0.3 is 10.6 Å². The van der Waals surface area contributed by atoms with Crippen molar-refractivity contribution in [3.05, 3.63) is 29.3 Å². The second-order valence-corrected chi connectivity index (χ2v) is 5.88. The van der Waals surface area contributed by atoms with E-state index in [0.717, 1.165) is 19.3 Å². The Balaban J connectivity index is 2.89. The van der Waals surface area contributed by atoms with E-state index in [1.54, 1.807) is 0 Å². The summed E-state index contributed by atoms with van der Waals surface area (Å²) in [6.07, 6.45) is 3.05. The Morgan fingerprint density at radius 3 is 2.05 bits per heavy atom. The lowest BCUT2D eigenvalue weighted by atomic mass is 10.0. The highest BCUT2D eigenvalue weighted by atomic mass is 32.1. The molecule has 0 saturated heterocycles. The van der Waals surface area contributed by atoms with E-state index in [4.69, 9.17) is 12.2 Å². The topological polar surface area (TPSA) is 24.1 Å². The third-order valence-corrected chi connectivity index (χ3v) is 3.78. The van der Waals surface area contributed by atoms with E-state index in [-0.39, 0.29) is 5.54 Å². The molecular formula is C16H26N2S. The molecule has 19 heavy (non-hydrogen) atoms. The molecule has 0 fully saturated rings. The molecule has 0 saturated carbocycles. The average molecular weight is 278 g/mol. The van der Waals surface area contributed by atoms with Crippen LogP contribution in [0.2, 0.25) is 0 Å². The molecule has 0 heterocycles. The summed E-state index contributed by atoms with van der Waals surface area (Å²) in [7, 11) is 0. The predicted molar refractivity (Wildman–Crippen MR) is 88.9 cm³/mol. The van der Waals surface area contributed by atoms with Gasteiger partial charge in [0, 0.05) is 11.2 Å². The molecular weight excluding hydrogens is 252 g/mol. The molecule has 2 nitrogen and oxygen atoms in total. The van der Waals surface area contributed by atoms with Gasteiger partial charge in [0.1, 0.15) is 0 Å². The van der Waals surface area contributed by atoms with Crippen LogP contribution in [0.4, 0.5) is 5.69 Å². The van der Waals surface area contributed by atoms with Crippen LogP contribution in [0.25, 0.3) is 0 Å². The summed E-state index contributed by atoms with van der Waals surface area (Å²) in [6, 6.07) is 6.44. The number of benzene rings is 1. The molecule has 106 valence electrons. The van der Waals surface area contributed by atoms with Crippen molar-refractivity contribution in [1.29, 1.82) is 0 Å². The van der Waals surface area contributed by atoms with Crippen LogP contribution in [0.15, 0.2) is 18.2 Å². The zero-order chi connectivity index (χ0) is 14.5. The highest BCUT2D eigenvalue weighted by molar-refractivity contribution is 7.80. The third-order valence-electron chi connectivity index (χ3n) is 3.57. The van der Waals surface area contributed by atoms with E-state index < -0.39 is 0 Å². The Labute approximate surface area is 123 Å². The van der Waals surface area contributed by atoms with Gasteiger partial charge in [-0.05, 0) is 56.5 Å². The molecule has 1 aromatic rings. The van der Waals surface area contributed by atoms with Crippen LogP contribution in [-0.2, 0) is 12.8 Å². The Bertz CT molecular complexity index is 416. The minimum absolute atomic E-state index is 0.0254. The van der Waals surface area contributed by atoms with Crippen LogP contribution >= 0.6 is 12.2 Å². The lowest BCUT2D eigenvalue weighted by Gasteiger charge is -2.27. The number of para-hydroxylation sites is 1. The standard InChI is InChI=1S/C16H26N2S/c1-6-12-10-9-11-13(7-2)14(12)17-15(19)18-16(4,5)8-3/h9-11H,6-8H2,1-5H3,(H2,17,18,19). The summed E-state index contributed by atoms with van der Waals surface area (Å²) in [5, 5.41) is 7.48. The quantitative estimate of drug-likeness (QED) is 0.786. The first kappa shape index (κ1) is 16.0. The van der Waals surface area contributed by atoms with E-state index in [1.807, 2.05) is 0 Å². The highest BCUT2D eigenvalue weighted by Crippen LogP contribution is 2.22. The van der Waals surface area contributed by atoms with Crippen LogP contribution in [0.1, 0.15) is 52.2 Å². The Morgan fingerprint density at radius 2 is 1.63 bits per heavy atom. The monoisotopic (exact) mass is 278 g/mol. The van der Waals surface area contributed by atoms with Crippen LogP contribution < -0.4 is 10.6 Å². The normalized spacial score (nSPS) is 11.2. The molecule has 0 aliphatic heterocycles. The van der Waals surface area contributed by atoms with Gasteiger partial charge in [-0.25, -0.2) is 0 Å². The number of thiocarbonyl (C=S) groups is 1. The number of hydrogen-bond acceptors (Lipinski definition) is 1. The van der Waals surface area contributed by atoms with Gasteiger partial charge in [0.2, 0.25) is 0 Å². The molecule has 0 spiro atoms. The number of aryl methyl sites for hydroxylation is 2. The maximum atomic E-state index is 5.44. The smallest absolute Gasteiger partial charge is 0.171 e. The van der Waals surface area contributed by atoms with E-state index in [9.17, 15) is 0 Å². The van der Waals surface area contributed by atoms with Crippen molar-refractivity contribution in [1.82, 2.24) is 5.32 Å². The maximum Gasteiger partial charge on any atom is 0.171 e. The first-order valence-corrected chi connectivity index (χ1v) is 7.54. The van der Waals surface area contributed by atoms with E-state index >= 15 is 0 Å². The molecule has 3 heteroatoms. The van der Waals surface area contributed by atoms with Gasteiger partial charge >= 0.3 is 0 Å². The van der Waals surface area contributed by atoms with Gasteiger partial charge in [-0.3, -0.25) is 0 Å². The van der Waals surface area contributed by atoms with Crippen molar-refractivity contribution in [2.75, 3.05) is 5.32 Å². The Kier molecular flexibility index (Phi) is 5.80. The number of anilines is 1. The van der Waals surface area contributed by atoms with Gasteiger partial charge in [-0.15, -0.1) is 0 Å². The van der Waals surface area contributed by atoms with Crippen LogP contribution in [0, 0.1) is 0 Å². The summed E-state index contributed by atoms with van der Waals surface area (Å²) in [4.78, 5) is 0. The molecule has 1 rings (SSSR count). The van der Waals surface area contributed by atoms with E-state index in [0.29, 0.717) is 5.11 Å². The molecule has 0 amide bonds. The van der Waals surface area contributed by atoms with Gasteiger partial charge in [-0.2, -0.15) is 0 Å². The molecule has 1 aromatic carbocycles. The molecule has 0 unspecified atom stereocenters. The third kappa shape index (κ3) is 4.50. The Morgan fingerprint density at radius 1 is 1.11 bits per heavy atom. The SMILES string of the molecule is CCc1cccc(CC)c1NC(=S)NC(C)(C)CC. The van der Waals surface area contributed by atoms with E-state index in [2.05, 4.69) is 63.5 Å². The molecule has 2 N–H and O–H groups in total. The fraction of sp³-hybridized carbons (Fsp3) is 0.562. The molecule has 0 bridgehead atoms. The zero-order valence-corrected chi connectivity index (χ0v) is 13.6. The molecule has 0 radical (unpaired) electrons. The molecule has 0 aliphatic rings. The van der Waals surface area contributed by atoms with Crippen LogP contribution in [-0.4, -0.2) is 10.7 Å². The van der Waals surface area contributed by atoms with Gasteiger partial charge in [-0.1, -0.05) is 39.0 Å². The molecule has 0 aliphatic carbocycles. The largest absolute Gasteiger partial charge is 0.358 e. The van der Waals surface area contributed by atoms with Crippen molar-refractivity contribution < 1.29 is 0 Å². The van der Waals surface area contributed by atoms with Gasteiger partial charge in [0.15, 0.2) is 5.11 Å². The van der Waals surface area contributed by atoms with Crippen molar-refractivity contribution in [3.8, 4) is 0 Å². The number of hydrogen-bond donors (Lipinski definition) is 2. The maximum absolute atomic E-state index is 5.44. The zero-order valence-electron chi connectivity index (χ0n) is 12.8. The predicted octanol–water partition coefficient (Wildman–Crippen LogP) is 4.29. The fourth-order valence-electron chi connectivity index (χ4n) is 1.94. The number of rotatable bonds is 5. The lowest BCUT2D eigenvalue weighted by molar-refractivity contribution is 0.448. The molecule has 0 atom stereocenters. The van der Waals surface area contributed by atoms with Crippen LogP contribution in [0.3, 0.4) is 0 Å². The highest BCUT2D eigenvalue weighted by Gasteiger charge is 2.16.